The number of carbonyl (C=O) groups is 1. The van der Waals surface area contributed by atoms with Crippen molar-refractivity contribution >= 4 is 35.3 Å². The maximum absolute atomic E-state index is 11.8. The summed E-state index contributed by atoms with van der Waals surface area (Å²) in [6, 6.07) is 11.9. The highest BCUT2D eigenvalue weighted by Gasteiger charge is 2.08. The Bertz CT molecular complexity index is 892. The molecule has 5 nitrogen and oxygen atoms in total. The van der Waals surface area contributed by atoms with Gasteiger partial charge in [0.05, 0.1) is 16.8 Å². The molecule has 3 rings (SSSR count). The summed E-state index contributed by atoms with van der Waals surface area (Å²) >= 11 is 12.0. The molecule has 24 heavy (non-hydrogen) atoms. The average Bonchev–Trinajstić information content (AvgIpc) is 3.04. The Labute approximate surface area is 147 Å². The van der Waals surface area contributed by atoms with Gasteiger partial charge in [-0.2, -0.15) is 5.10 Å². The fraction of sp³-hybridized carbons (Fsp3) is 0. The number of furan rings is 1. The van der Waals surface area contributed by atoms with Gasteiger partial charge < -0.3 is 4.42 Å². The first-order valence-corrected chi connectivity index (χ1v) is 7.68. The predicted molar refractivity (Wildman–Crippen MR) is 93.5 cm³/mol. The first-order chi connectivity index (χ1) is 11.6. The third-order valence-corrected chi connectivity index (χ3v) is 3.65. The molecule has 1 N–H and O–H groups in total. The number of nitrogens with zero attached hydrogens (tertiary/aromatic N) is 2. The SMILES string of the molecule is O=C(N/N=C\c1ccc(-c2ccc(Cl)cc2Cl)o1)c1cccnc1. The highest BCUT2D eigenvalue weighted by molar-refractivity contribution is 6.36. The highest BCUT2D eigenvalue weighted by Crippen LogP contribution is 2.31. The summed E-state index contributed by atoms with van der Waals surface area (Å²) in [6.45, 7) is 0. The van der Waals surface area contributed by atoms with Crippen LogP contribution in [0.4, 0.5) is 0 Å². The van der Waals surface area contributed by atoms with Gasteiger partial charge in [-0.05, 0) is 42.5 Å². The number of amides is 1. The average molecular weight is 360 g/mol. The van der Waals surface area contributed by atoms with Gasteiger partial charge in [-0.25, -0.2) is 5.43 Å². The fourth-order valence-electron chi connectivity index (χ4n) is 1.97. The molecule has 3 aromatic rings. The minimum absolute atomic E-state index is 0.355. The van der Waals surface area contributed by atoms with E-state index in [1.807, 2.05) is 0 Å². The third-order valence-electron chi connectivity index (χ3n) is 3.10. The number of hydrogen-bond acceptors (Lipinski definition) is 4. The second kappa shape index (κ2) is 7.29. The molecule has 0 atom stereocenters. The summed E-state index contributed by atoms with van der Waals surface area (Å²) < 4.78 is 5.64. The van der Waals surface area contributed by atoms with Crippen LogP contribution in [-0.4, -0.2) is 17.1 Å². The molecule has 120 valence electrons. The van der Waals surface area contributed by atoms with Crippen LogP contribution in [0.15, 0.2) is 64.4 Å². The van der Waals surface area contributed by atoms with Gasteiger partial charge >= 0.3 is 0 Å². The molecule has 1 amide bonds. The first kappa shape index (κ1) is 16.2. The lowest BCUT2D eigenvalue weighted by Crippen LogP contribution is -2.17. The molecular formula is C17H11Cl2N3O2. The van der Waals surface area contributed by atoms with Gasteiger partial charge in [0.2, 0.25) is 0 Å². The van der Waals surface area contributed by atoms with Crippen molar-refractivity contribution in [2.75, 3.05) is 0 Å². The lowest BCUT2D eigenvalue weighted by Gasteiger charge is -2.00. The van der Waals surface area contributed by atoms with E-state index in [9.17, 15) is 4.79 Å². The molecule has 2 aromatic heterocycles. The van der Waals surface area contributed by atoms with Crippen LogP contribution in [0.3, 0.4) is 0 Å². The number of hydrazone groups is 1. The lowest BCUT2D eigenvalue weighted by atomic mass is 10.2. The predicted octanol–water partition coefficient (Wildman–Crippen LogP) is 4.41. The molecule has 0 aliphatic heterocycles. The zero-order chi connectivity index (χ0) is 16.9. The second-order valence-corrected chi connectivity index (χ2v) is 5.61. The summed E-state index contributed by atoms with van der Waals surface area (Å²) in [5.74, 6) is 0.700. The Morgan fingerprint density at radius 2 is 2.08 bits per heavy atom. The number of aromatic nitrogens is 1. The van der Waals surface area contributed by atoms with Gasteiger partial charge in [-0.15, -0.1) is 0 Å². The van der Waals surface area contributed by atoms with Crippen molar-refractivity contribution < 1.29 is 9.21 Å². The quantitative estimate of drug-likeness (QED) is 0.554. The van der Waals surface area contributed by atoms with Crippen molar-refractivity contribution in [2.24, 2.45) is 5.10 Å². The molecule has 0 saturated heterocycles. The van der Waals surface area contributed by atoms with E-state index in [1.54, 1.807) is 48.7 Å². The molecule has 0 unspecified atom stereocenters. The van der Waals surface area contributed by atoms with Gasteiger partial charge in [0, 0.05) is 23.0 Å². The molecule has 2 heterocycles. The largest absolute Gasteiger partial charge is 0.455 e. The van der Waals surface area contributed by atoms with Gasteiger partial charge in [0.1, 0.15) is 11.5 Å². The molecule has 0 fully saturated rings. The van der Waals surface area contributed by atoms with Crippen LogP contribution in [-0.2, 0) is 0 Å². The van der Waals surface area contributed by atoms with Crippen LogP contribution in [0, 0.1) is 0 Å². The molecule has 0 bridgehead atoms. The monoisotopic (exact) mass is 359 g/mol. The number of benzene rings is 1. The number of hydrogen-bond donors (Lipinski definition) is 1. The Morgan fingerprint density at radius 3 is 2.83 bits per heavy atom. The molecule has 0 spiro atoms. The van der Waals surface area contributed by atoms with Crippen LogP contribution in [0.2, 0.25) is 10.0 Å². The number of rotatable bonds is 4. The summed E-state index contributed by atoms with van der Waals surface area (Å²) in [4.78, 5) is 15.7. The van der Waals surface area contributed by atoms with E-state index < -0.39 is 0 Å². The van der Waals surface area contributed by atoms with Crippen molar-refractivity contribution in [3.05, 3.63) is 76.2 Å². The molecule has 0 radical (unpaired) electrons. The Balaban J connectivity index is 1.69. The fourth-order valence-corrected chi connectivity index (χ4v) is 2.47. The van der Waals surface area contributed by atoms with Crippen molar-refractivity contribution in [1.29, 1.82) is 0 Å². The van der Waals surface area contributed by atoms with Crippen LogP contribution in [0.5, 0.6) is 0 Å². The Hall–Kier alpha value is -2.63. The number of halogens is 2. The maximum atomic E-state index is 11.8. The summed E-state index contributed by atoms with van der Waals surface area (Å²) in [5.41, 5.74) is 3.54. The smallest absolute Gasteiger partial charge is 0.272 e. The minimum atomic E-state index is -0.355. The minimum Gasteiger partial charge on any atom is -0.455 e. The van der Waals surface area contributed by atoms with Crippen molar-refractivity contribution in [3.63, 3.8) is 0 Å². The van der Waals surface area contributed by atoms with Gasteiger partial charge in [0.25, 0.3) is 5.91 Å². The van der Waals surface area contributed by atoms with Crippen LogP contribution < -0.4 is 5.43 Å². The number of pyridine rings is 1. The van der Waals surface area contributed by atoms with Gasteiger partial charge in [-0.3, -0.25) is 9.78 Å². The number of nitrogens with one attached hydrogen (secondary N) is 1. The van der Waals surface area contributed by atoms with E-state index in [2.05, 4.69) is 15.5 Å². The van der Waals surface area contributed by atoms with E-state index in [0.717, 1.165) is 5.56 Å². The van der Waals surface area contributed by atoms with Crippen molar-refractivity contribution in [1.82, 2.24) is 10.4 Å². The van der Waals surface area contributed by atoms with Crippen molar-refractivity contribution in [3.8, 4) is 11.3 Å². The first-order valence-electron chi connectivity index (χ1n) is 6.92. The zero-order valence-corrected chi connectivity index (χ0v) is 13.8. The van der Waals surface area contributed by atoms with Gasteiger partial charge in [-0.1, -0.05) is 23.2 Å². The molecule has 0 saturated carbocycles. The lowest BCUT2D eigenvalue weighted by molar-refractivity contribution is 0.0955. The summed E-state index contributed by atoms with van der Waals surface area (Å²) in [7, 11) is 0. The van der Waals surface area contributed by atoms with Gasteiger partial charge in [0.15, 0.2) is 0 Å². The maximum Gasteiger partial charge on any atom is 0.272 e. The Kier molecular flexibility index (Phi) is 4.93. The topological polar surface area (TPSA) is 67.5 Å². The molecular weight excluding hydrogens is 349 g/mol. The highest BCUT2D eigenvalue weighted by atomic mass is 35.5. The normalized spacial score (nSPS) is 10.9. The second-order valence-electron chi connectivity index (χ2n) is 4.77. The molecule has 7 heteroatoms. The summed E-state index contributed by atoms with van der Waals surface area (Å²) in [6.07, 6.45) is 4.45. The Morgan fingerprint density at radius 1 is 1.21 bits per heavy atom. The standard InChI is InChI=1S/C17H11Cl2N3O2/c18-12-3-5-14(15(19)8-12)16-6-4-13(24-16)10-21-22-17(23)11-2-1-7-20-9-11/h1-10H,(H,22,23)/b21-10-. The van der Waals surface area contributed by atoms with Crippen LogP contribution in [0.25, 0.3) is 11.3 Å². The summed E-state index contributed by atoms with van der Waals surface area (Å²) in [5, 5.41) is 4.90. The number of carbonyl (C=O) groups excluding carboxylic acids is 1. The van der Waals surface area contributed by atoms with Crippen molar-refractivity contribution in [2.45, 2.75) is 0 Å². The van der Waals surface area contributed by atoms with E-state index in [1.165, 1.54) is 12.4 Å². The molecule has 1 aromatic carbocycles. The zero-order valence-electron chi connectivity index (χ0n) is 12.2. The van der Waals surface area contributed by atoms with E-state index >= 15 is 0 Å². The molecule has 0 aliphatic carbocycles. The third kappa shape index (κ3) is 3.82. The molecule has 0 aliphatic rings. The van der Waals surface area contributed by atoms with E-state index in [0.29, 0.717) is 27.1 Å². The van der Waals surface area contributed by atoms with E-state index in [-0.39, 0.29) is 5.91 Å². The van der Waals surface area contributed by atoms with Crippen LogP contribution in [0.1, 0.15) is 16.1 Å². The van der Waals surface area contributed by atoms with Crippen LogP contribution >= 0.6 is 23.2 Å². The van der Waals surface area contributed by atoms with E-state index in [4.69, 9.17) is 27.6 Å².